The summed E-state index contributed by atoms with van der Waals surface area (Å²) < 4.78 is 13.7. The average Bonchev–Trinajstić information content (AvgIpc) is 3.77. The molecule has 2 aromatic heterocycles. The Morgan fingerprint density at radius 2 is 1.89 bits per heavy atom. The fourth-order valence-electron chi connectivity index (χ4n) is 4.66. The number of ether oxygens (including phenoxy) is 2. The zero-order valence-electron chi connectivity index (χ0n) is 20.4. The largest absolute Gasteiger partial charge is 0.446 e. The molecule has 184 valence electrons. The van der Waals surface area contributed by atoms with Gasteiger partial charge in [0.1, 0.15) is 11.9 Å². The van der Waals surface area contributed by atoms with Gasteiger partial charge in [0.15, 0.2) is 0 Å². The number of aryl methyl sites for hydroxylation is 1. The second kappa shape index (κ2) is 8.86. The van der Waals surface area contributed by atoms with Gasteiger partial charge in [-0.2, -0.15) is 0 Å². The summed E-state index contributed by atoms with van der Waals surface area (Å²) in [5.74, 6) is 1.17. The van der Waals surface area contributed by atoms with Crippen molar-refractivity contribution in [3.63, 3.8) is 0 Å². The average molecular weight is 484 g/mol. The number of nitrogens with two attached hydrogens (primary N) is 1. The minimum absolute atomic E-state index is 0.0512. The first-order valence-corrected chi connectivity index (χ1v) is 12.5. The number of nitrogen functional groups attached to an aromatic ring is 1. The molecule has 4 aromatic rings. The van der Waals surface area contributed by atoms with Crippen LogP contribution in [0.2, 0.25) is 0 Å². The second-order valence-corrected chi connectivity index (χ2v) is 9.78. The molecule has 6 rings (SSSR count). The standard InChI is InChI=1S/C28H29N5O3/c1-16-13-14-30-27(31-16)36-22-11-12-23-24(15-22)33(21-9-10-21)26(25(23)29)19-5-7-20(8-6-19)32-28(34)35-17(2)18-3-4-18/h5-8,11-15,17-18,21H,3-4,9-10,29H2,1-2H3,(H,32,34)/t17-/m1/s1. The smallest absolute Gasteiger partial charge is 0.411 e. The highest BCUT2D eigenvalue weighted by molar-refractivity contribution is 6.02. The fraction of sp³-hybridized carbons (Fsp3) is 0.321. The number of amides is 1. The molecule has 0 radical (unpaired) electrons. The molecule has 3 N–H and O–H groups in total. The summed E-state index contributed by atoms with van der Waals surface area (Å²) in [5.41, 5.74) is 11.9. The highest BCUT2D eigenvalue weighted by Gasteiger charge is 2.31. The number of anilines is 2. The van der Waals surface area contributed by atoms with Crippen molar-refractivity contribution in [2.24, 2.45) is 5.92 Å². The van der Waals surface area contributed by atoms with Gasteiger partial charge in [-0.1, -0.05) is 12.1 Å². The van der Waals surface area contributed by atoms with Crippen molar-refractivity contribution in [3.8, 4) is 23.0 Å². The maximum atomic E-state index is 12.2. The molecule has 1 atom stereocenters. The Morgan fingerprint density at radius 3 is 2.58 bits per heavy atom. The molecule has 8 nitrogen and oxygen atoms in total. The lowest BCUT2D eigenvalue weighted by atomic mass is 10.1. The number of fused-ring (bicyclic) bond motifs is 1. The summed E-state index contributed by atoms with van der Waals surface area (Å²) in [4.78, 5) is 20.8. The van der Waals surface area contributed by atoms with Crippen molar-refractivity contribution >= 4 is 28.4 Å². The van der Waals surface area contributed by atoms with Gasteiger partial charge in [0.05, 0.1) is 16.9 Å². The van der Waals surface area contributed by atoms with Crippen molar-refractivity contribution in [2.45, 2.75) is 51.7 Å². The van der Waals surface area contributed by atoms with E-state index in [1.807, 2.05) is 62.4 Å². The molecule has 0 spiro atoms. The third-order valence-electron chi connectivity index (χ3n) is 6.89. The van der Waals surface area contributed by atoms with Crippen LogP contribution in [0, 0.1) is 12.8 Å². The third-order valence-corrected chi connectivity index (χ3v) is 6.89. The molecule has 0 bridgehead atoms. The number of carbonyl (C=O) groups is 1. The minimum atomic E-state index is -0.418. The molecule has 0 saturated heterocycles. The first kappa shape index (κ1) is 22.4. The lowest BCUT2D eigenvalue weighted by Gasteiger charge is -2.14. The molecule has 8 heteroatoms. The van der Waals surface area contributed by atoms with Crippen LogP contribution in [-0.2, 0) is 4.74 Å². The summed E-state index contributed by atoms with van der Waals surface area (Å²) in [5, 5.41) is 3.81. The summed E-state index contributed by atoms with van der Waals surface area (Å²) in [7, 11) is 0. The van der Waals surface area contributed by atoms with Gasteiger partial charge in [0.25, 0.3) is 0 Å². The Balaban J connectivity index is 1.29. The van der Waals surface area contributed by atoms with Crippen LogP contribution >= 0.6 is 0 Å². The first-order valence-electron chi connectivity index (χ1n) is 12.5. The molecule has 2 aliphatic rings. The molecule has 2 saturated carbocycles. The number of nitrogens with zero attached hydrogens (tertiary/aromatic N) is 3. The lowest BCUT2D eigenvalue weighted by molar-refractivity contribution is 0.108. The van der Waals surface area contributed by atoms with Crippen LogP contribution in [0.25, 0.3) is 22.2 Å². The summed E-state index contributed by atoms with van der Waals surface area (Å²) >= 11 is 0. The summed E-state index contributed by atoms with van der Waals surface area (Å²) in [6.45, 7) is 3.85. The molecular formula is C28H29N5O3. The number of benzene rings is 2. The third kappa shape index (κ3) is 4.46. The lowest BCUT2D eigenvalue weighted by Crippen LogP contribution is -2.21. The van der Waals surface area contributed by atoms with Crippen LogP contribution in [0.3, 0.4) is 0 Å². The van der Waals surface area contributed by atoms with E-state index in [2.05, 4.69) is 19.9 Å². The quantitative estimate of drug-likeness (QED) is 0.312. The van der Waals surface area contributed by atoms with Crippen LogP contribution in [0.15, 0.2) is 54.7 Å². The van der Waals surface area contributed by atoms with Gasteiger partial charge >= 0.3 is 12.1 Å². The molecule has 2 heterocycles. The van der Waals surface area contributed by atoms with Crippen LogP contribution in [-0.4, -0.2) is 26.7 Å². The Kier molecular flexibility index (Phi) is 5.51. The monoisotopic (exact) mass is 483 g/mol. The van der Waals surface area contributed by atoms with Crippen LogP contribution in [0.5, 0.6) is 11.8 Å². The molecule has 2 fully saturated rings. The van der Waals surface area contributed by atoms with E-state index in [1.165, 1.54) is 0 Å². The van der Waals surface area contributed by atoms with Crippen molar-refractivity contribution in [2.75, 3.05) is 11.1 Å². The van der Waals surface area contributed by atoms with E-state index in [4.69, 9.17) is 15.2 Å². The van der Waals surface area contributed by atoms with Gasteiger partial charge in [-0.15, -0.1) is 0 Å². The molecule has 0 aliphatic heterocycles. The number of aromatic nitrogens is 3. The number of carbonyl (C=O) groups excluding carboxylic acids is 1. The van der Waals surface area contributed by atoms with E-state index >= 15 is 0 Å². The molecule has 2 aromatic carbocycles. The molecule has 0 unspecified atom stereocenters. The Labute approximate surface area is 209 Å². The van der Waals surface area contributed by atoms with Crippen molar-refractivity contribution < 1.29 is 14.3 Å². The zero-order chi connectivity index (χ0) is 24.8. The maximum Gasteiger partial charge on any atom is 0.411 e. The van der Waals surface area contributed by atoms with E-state index in [-0.39, 0.29) is 6.10 Å². The van der Waals surface area contributed by atoms with E-state index in [1.54, 1.807) is 6.20 Å². The normalized spacial score (nSPS) is 16.1. The summed E-state index contributed by atoms with van der Waals surface area (Å²) in [6.07, 6.45) is 5.69. The van der Waals surface area contributed by atoms with Gasteiger partial charge in [0, 0.05) is 40.6 Å². The van der Waals surface area contributed by atoms with Crippen LogP contribution in [0.4, 0.5) is 16.2 Å². The van der Waals surface area contributed by atoms with Gasteiger partial charge in [0.2, 0.25) is 0 Å². The van der Waals surface area contributed by atoms with Gasteiger partial charge in [-0.25, -0.2) is 14.8 Å². The van der Waals surface area contributed by atoms with E-state index in [0.717, 1.165) is 59.2 Å². The topological polar surface area (TPSA) is 104 Å². The predicted molar refractivity (Wildman–Crippen MR) is 139 cm³/mol. The maximum absolute atomic E-state index is 12.2. The SMILES string of the molecule is Cc1ccnc(Oc2ccc3c(N)c(-c4ccc(NC(=O)O[C@H](C)C5CC5)cc4)n(C4CC4)c3c2)n1. The highest BCUT2D eigenvalue weighted by atomic mass is 16.6. The number of nitrogens with one attached hydrogen (secondary N) is 1. The van der Waals surface area contributed by atoms with E-state index < -0.39 is 6.09 Å². The second-order valence-electron chi connectivity index (χ2n) is 9.78. The van der Waals surface area contributed by atoms with Crippen molar-refractivity contribution in [1.29, 1.82) is 0 Å². The first-order chi connectivity index (χ1) is 17.5. The van der Waals surface area contributed by atoms with Crippen LogP contribution in [0.1, 0.15) is 44.3 Å². The van der Waals surface area contributed by atoms with Crippen LogP contribution < -0.4 is 15.8 Å². The molecule has 1 amide bonds. The summed E-state index contributed by atoms with van der Waals surface area (Å²) in [6, 6.07) is 16.2. The predicted octanol–water partition coefficient (Wildman–Crippen LogP) is 6.46. The fourth-order valence-corrected chi connectivity index (χ4v) is 4.66. The molecular weight excluding hydrogens is 454 g/mol. The van der Waals surface area contributed by atoms with Gasteiger partial charge < -0.3 is 19.8 Å². The Hall–Kier alpha value is -4.07. The number of rotatable bonds is 7. The van der Waals surface area contributed by atoms with E-state index in [0.29, 0.717) is 29.4 Å². The van der Waals surface area contributed by atoms with Crippen molar-refractivity contribution in [3.05, 3.63) is 60.4 Å². The highest BCUT2D eigenvalue weighted by Crippen LogP contribution is 2.47. The van der Waals surface area contributed by atoms with Gasteiger partial charge in [-0.3, -0.25) is 5.32 Å². The number of hydrogen-bond donors (Lipinski definition) is 2. The zero-order valence-corrected chi connectivity index (χ0v) is 20.4. The van der Waals surface area contributed by atoms with E-state index in [9.17, 15) is 4.79 Å². The van der Waals surface area contributed by atoms with Gasteiger partial charge in [-0.05, 0) is 75.8 Å². The Bertz CT molecular complexity index is 1440. The molecule has 36 heavy (non-hydrogen) atoms. The van der Waals surface area contributed by atoms with Crippen molar-refractivity contribution in [1.82, 2.24) is 14.5 Å². The molecule has 2 aliphatic carbocycles. The Morgan fingerprint density at radius 1 is 1.11 bits per heavy atom. The minimum Gasteiger partial charge on any atom is -0.446 e. The number of hydrogen-bond acceptors (Lipinski definition) is 6.